The van der Waals surface area contributed by atoms with Gasteiger partial charge in [0.25, 0.3) is 0 Å². The lowest BCUT2D eigenvalue weighted by Crippen LogP contribution is -2.58. The van der Waals surface area contributed by atoms with Crippen LogP contribution < -0.4 is 59.3 Å². The maximum Gasteiger partial charge on any atom is 0.326 e. The van der Waals surface area contributed by atoms with Crippen molar-refractivity contribution in [1.82, 2.24) is 77.8 Å². The van der Waals surface area contributed by atoms with Crippen LogP contribution >= 0.6 is 0 Å². The molecule has 394 valence electrons. The van der Waals surface area contributed by atoms with Gasteiger partial charge in [-0.3, -0.25) is 47.9 Å². The third kappa shape index (κ3) is 20.0. The third-order valence-electron chi connectivity index (χ3n) is 10.5. The molecule has 72 heavy (non-hydrogen) atoms. The highest BCUT2D eigenvalue weighted by Gasteiger charge is 2.32. The maximum absolute atomic E-state index is 13.8. The van der Waals surface area contributed by atoms with Gasteiger partial charge in [0.05, 0.1) is 51.3 Å². The fourth-order valence-electron chi connectivity index (χ4n) is 6.44. The molecular formula is C42H63N17O13. The molecule has 0 aromatic carbocycles. The summed E-state index contributed by atoms with van der Waals surface area (Å²) in [5.74, 6) is -11.0. The molecule has 30 nitrogen and oxygen atoms in total. The minimum Gasteiger partial charge on any atom is -0.480 e. The summed E-state index contributed by atoms with van der Waals surface area (Å²) in [4.78, 5) is 162. The van der Waals surface area contributed by atoms with Crippen LogP contribution in [0.15, 0.2) is 37.6 Å². The molecule has 0 bridgehead atoms. The van der Waals surface area contributed by atoms with Gasteiger partial charge in [0.2, 0.25) is 59.1 Å². The number of nitrogens with one attached hydrogen (secondary N) is 12. The predicted molar refractivity (Wildman–Crippen MR) is 248 cm³/mol. The van der Waals surface area contributed by atoms with Gasteiger partial charge in [-0.1, -0.05) is 27.7 Å². The molecule has 0 saturated heterocycles. The van der Waals surface area contributed by atoms with Gasteiger partial charge in [-0.2, -0.15) is 0 Å². The van der Waals surface area contributed by atoms with E-state index in [2.05, 4.69) is 77.8 Å². The van der Waals surface area contributed by atoms with Gasteiger partial charge < -0.3 is 84.5 Å². The Morgan fingerprint density at radius 3 is 1.33 bits per heavy atom. The molecule has 0 aliphatic rings. The number of aliphatic carboxylic acids is 1. The number of aromatic amines is 3. The molecular weight excluding hydrogens is 951 g/mol. The van der Waals surface area contributed by atoms with Crippen molar-refractivity contribution in [2.45, 2.75) is 102 Å². The molecule has 18 N–H and O–H groups in total. The number of aliphatic hydroxyl groups excluding tert-OH is 1. The fraction of sp³-hybridized carbons (Fsp3) is 0.524. The van der Waals surface area contributed by atoms with Crippen molar-refractivity contribution < 1.29 is 63.0 Å². The minimum atomic E-state index is -1.53. The Morgan fingerprint density at radius 2 is 0.931 bits per heavy atom. The van der Waals surface area contributed by atoms with Gasteiger partial charge in [0.15, 0.2) is 0 Å². The smallest absolute Gasteiger partial charge is 0.326 e. The van der Waals surface area contributed by atoms with Crippen LogP contribution in [0.5, 0.6) is 0 Å². The summed E-state index contributed by atoms with van der Waals surface area (Å²) in [5.41, 5.74) is 12.3. The number of hydrogen-bond donors (Lipinski definition) is 16. The van der Waals surface area contributed by atoms with Crippen LogP contribution in [0.2, 0.25) is 0 Å². The Morgan fingerprint density at radius 1 is 0.528 bits per heavy atom. The first-order valence-electron chi connectivity index (χ1n) is 22.5. The Hall–Kier alpha value is -8.28. The number of nitrogens with zero attached hydrogens (tertiary/aromatic N) is 3. The molecule has 10 amide bonds. The number of nitrogens with two attached hydrogens (primary N) is 2. The van der Waals surface area contributed by atoms with E-state index in [0.29, 0.717) is 17.1 Å². The highest BCUT2D eigenvalue weighted by molar-refractivity contribution is 5.97. The molecule has 3 aromatic rings. The van der Waals surface area contributed by atoms with E-state index in [1.807, 2.05) is 0 Å². The number of carbonyl (C=O) groups is 11. The first kappa shape index (κ1) is 58.0. The van der Waals surface area contributed by atoms with Crippen LogP contribution in [-0.4, -0.2) is 174 Å². The van der Waals surface area contributed by atoms with Gasteiger partial charge in [-0.05, 0) is 18.3 Å². The molecule has 3 aromatic heterocycles. The van der Waals surface area contributed by atoms with E-state index in [-0.39, 0.29) is 31.6 Å². The molecule has 3 rings (SSSR count). The summed E-state index contributed by atoms with van der Waals surface area (Å²) in [6, 6.07) is -9.39. The normalized spacial score (nSPS) is 13.9. The van der Waals surface area contributed by atoms with Gasteiger partial charge in [-0.25, -0.2) is 19.7 Å². The summed E-state index contributed by atoms with van der Waals surface area (Å²) in [7, 11) is 0. The van der Waals surface area contributed by atoms with E-state index in [1.165, 1.54) is 37.6 Å². The highest BCUT2D eigenvalue weighted by atomic mass is 16.4. The zero-order valence-electron chi connectivity index (χ0n) is 39.9. The van der Waals surface area contributed by atoms with Gasteiger partial charge in [0, 0.05) is 61.4 Å². The van der Waals surface area contributed by atoms with E-state index in [1.54, 1.807) is 27.7 Å². The topological polar surface area (TPSA) is 475 Å². The van der Waals surface area contributed by atoms with E-state index < -0.39 is 146 Å². The maximum atomic E-state index is 13.8. The first-order valence-corrected chi connectivity index (χ1v) is 22.5. The van der Waals surface area contributed by atoms with Crippen molar-refractivity contribution in [3.8, 4) is 0 Å². The Bertz CT molecular complexity index is 2310. The molecule has 7 atom stereocenters. The number of carboxylic acids is 1. The summed E-state index contributed by atoms with van der Waals surface area (Å²) in [5, 5.41) is 40.8. The number of carbonyl (C=O) groups excluding carboxylic acids is 10. The van der Waals surface area contributed by atoms with Crippen LogP contribution in [0.4, 0.5) is 0 Å². The van der Waals surface area contributed by atoms with Crippen LogP contribution in [0, 0.1) is 11.8 Å². The average Bonchev–Trinajstić information content (AvgIpc) is 4.16. The Balaban J connectivity index is 1.66. The summed E-state index contributed by atoms with van der Waals surface area (Å²) in [6.45, 7) is 3.54. The molecule has 3 heterocycles. The van der Waals surface area contributed by atoms with E-state index >= 15 is 0 Å². The number of primary amides is 1. The molecule has 30 heteroatoms. The van der Waals surface area contributed by atoms with Crippen molar-refractivity contribution in [2.75, 3.05) is 26.2 Å². The van der Waals surface area contributed by atoms with E-state index in [4.69, 9.17) is 11.5 Å². The number of aromatic nitrogens is 6. The van der Waals surface area contributed by atoms with E-state index in [9.17, 15) is 63.0 Å². The summed E-state index contributed by atoms with van der Waals surface area (Å²) >= 11 is 0. The predicted octanol–water partition coefficient (Wildman–Crippen LogP) is -6.88. The number of aliphatic hydroxyl groups is 1. The number of carboxylic acid groups (broad SMARTS) is 1. The molecule has 0 aliphatic heterocycles. The molecule has 0 fully saturated rings. The number of hydrogen-bond acceptors (Lipinski definition) is 16. The van der Waals surface area contributed by atoms with Crippen molar-refractivity contribution in [2.24, 2.45) is 23.3 Å². The Labute approximate surface area is 411 Å². The van der Waals surface area contributed by atoms with Crippen molar-refractivity contribution >= 4 is 65.0 Å². The molecule has 0 unspecified atom stereocenters. The summed E-state index contributed by atoms with van der Waals surface area (Å²) < 4.78 is 0. The van der Waals surface area contributed by atoms with E-state index in [0.717, 1.165) is 0 Å². The first-order chi connectivity index (χ1) is 34.1. The van der Waals surface area contributed by atoms with Crippen LogP contribution in [0.1, 0.15) is 57.6 Å². The van der Waals surface area contributed by atoms with Gasteiger partial charge in [0.1, 0.15) is 36.3 Å². The van der Waals surface area contributed by atoms with Crippen LogP contribution in [-0.2, 0) is 72.0 Å². The number of amides is 10. The standard InChI is InChI=1S/C42H63N17O13/c1-20(2)34(44)40(69)58-29(16-60)38(67)50-14-32(63)55-26(7-22-10-45-17-51-22)36(65)48-13-31(62)54-25(5-6-30(43)61)39(68)56-27(8-23-11-46-18-52-23)37(66)49-15-33(64)59-35(21(3)4)41(70)57-28(42(71)72)9-24-12-47-19-53-24/h10-12,17-21,25-29,34-35,60H,5-9,13-16,44H2,1-4H3,(H2,43,61)(H,45,51)(H,46,52)(H,47,53)(H,48,65)(H,49,66)(H,50,67)(H,54,62)(H,55,63)(H,56,68)(H,57,70)(H,58,69)(H,59,64)(H,71,72)/t25-,26-,27-,28-,29-,34-,35-/m0/s1. The van der Waals surface area contributed by atoms with Crippen molar-refractivity contribution in [3.05, 3.63) is 54.7 Å². The second kappa shape index (κ2) is 29.0. The van der Waals surface area contributed by atoms with Crippen LogP contribution in [0.25, 0.3) is 0 Å². The molecule has 0 radical (unpaired) electrons. The fourth-order valence-corrected chi connectivity index (χ4v) is 6.44. The zero-order valence-corrected chi connectivity index (χ0v) is 39.9. The molecule has 0 saturated carbocycles. The molecule has 0 aliphatic carbocycles. The second-order valence-electron chi connectivity index (χ2n) is 17.0. The largest absolute Gasteiger partial charge is 0.480 e. The second-order valence-corrected chi connectivity index (χ2v) is 17.0. The van der Waals surface area contributed by atoms with Crippen molar-refractivity contribution in [1.29, 1.82) is 0 Å². The lowest BCUT2D eigenvalue weighted by Gasteiger charge is -2.25. The average molecular weight is 1010 g/mol. The SMILES string of the molecule is CC(C)[C@H](N)C(=O)N[C@@H](CO)C(=O)NCC(=O)N[C@@H](Cc1cnc[nH]1)C(=O)NCC(=O)N[C@@H](CCC(N)=O)C(=O)N[C@@H](Cc1cnc[nH]1)C(=O)NCC(=O)N[C@H](C(=O)N[C@@H](Cc1cnc[nH]1)C(=O)O)C(C)C. The van der Waals surface area contributed by atoms with Crippen LogP contribution in [0.3, 0.4) is 0 Å². The summed E-state index contributed by atoms with van der Waals surface area (Å²) in [6.07, 6.45) is 6.73. The Kier molecular flexibility index (Phi) is 23.4. The minimum absolute atomic E-state index is 0.127. The zero-order chi connectivity index (χ0) is 53.5. The lowest BCUT2D eigenvalue weighted by molar-refractivity contribution is -0.142. The number of H-pyrrole nitrogens is 3. The number of rotatable bonds is 31. The third-order valence-corrected chi connectivity index (χ3v) is 10.5. The monoisotopic (exact) mass is 1010 g/mol. The van der Waals surface area contributed by atoms with Crippen molar-refractivity contribution in [3.63, 3.8) is 0 Å². The lowest BCUT2D eigenvalue weighted by atomic mass is 10.0. The molecule has 0 spiro atoms. The number of imidazole rings is 3. The quantitative estimate of drug-likeness (QED) is 0.0285. The van der Waals surface area contributed by atoms with Gasteiger partial charge in [-0.15, -0.1) is 0 Å². The highest BCUT2D eigenvalue weighted by Crippen LogP contribution is 2.07. The van der Waals surface area contributed by atoms with Gasteiger partial charge >= 0.3 is 5.97 Å².